The van der Waals surface area contributed by atoms with Gasteiger partial charge in [-0.2, -0.15) is 0 Å². The van der Waals surface area contributed by atoms with Crippen LogP contribution in [-0.4, -0.2) is 43.2 Å². The maximum absolute atomic E-state index is 11.7. The van der Waals surface area contributed by atoms with Crippen molar-refractivity contribution in [2.24, 2.45) is 4.99 Å². The molecule has 0 aliphatic carbocycles. The fourth-order valence-corrected chi connectivity index (χ4v) is 6.13. The van der Waals surface area contributed by atoms with E-state index in [-0.39, 0.29) is 0 Å². The van der Waals surface area contributed by atoms with E-state index in [1.807, 2.05) is 0 Å². The van der Waals surface area contributed by atoms with Crippen LogP contribution in [0.1, 0.15) is 31.7 Å². The topological polar surface area (TPSA) is 83.5 Å². The van der Waals surface area contributed by atoms with Crippen molar-refractivity contribution in [2.45, 2.75) is 43.5 Å². The average molecular weight is 489 g/mol. The van der Waals surface area contributed by atoms with E-state index >= 15 is 0 Å². The first kappa shape index (κ1) is 23.1. The number of aliphatic imine (C=N–C) groups is 1. The molecule has 3 aromatic rings. The van der Waals surface area contributed by atoms with Gasteiger partial charge in [-0.25, -0.2) is 13.4 Å². The first-order valence-corrected chi connectivity index (χ1v) is 14.5. The summed E-state index contributed by atoms with van der Waals surface area (Å²) in [6, 6.07) is 14.0. The summed E-state index contributed by atoms with van der Waals surface area (Å²) < 4.78 is 24.4. The molecule has 2 N–H and O–H groups in total. The standard InChI is InChI=1S/C23H28N4O2S3/c1-3-4-5-18-15-30-23(26-18)25-17-8-6-16(7-9-17)12-13-24-22-27-20-11-10-19(32(2,28)29)14-21(20)31-22/h6-11,14,18H,3-5,12-13,15H2,1-2H3,(H,24,27)(H,25,26). The van der Waals surface area contributed by atoms with Crippen LogP contribution in [0.5, 0.6) is 0 Å². The minimum Gasteiger partial charge on any atom is -0.361 e. The molecule has 4 rings (SSSR count). The van der Waals surface area contributed by atoms with Gasteiger partial charge in [-0.15, -0.1) is 0 Å². The van der Waals surface area contributed by atoms with Gasteiger partial charge in [0.15, 0.2) is 20.1 Å². The van der Waals surface area contributed by atoms with Gasteiger partial charge in [-0.3, -0.25) is 4.99 Å². The van der Waals surface area contributed by atoms with Crippen LogP contribution in [-0.2, 0) is 16.3 Å². The number of benzene rings is 2. The normalized spacial score (nSPS) is 16.3. The molecule has 6 nitrogen and oxygen atoms in total. The summed E-state index contributed by atoms with van der Waals surface area (Å²) in [7, 11) is -3.21. The van der Waals surface area contributed by atoms with E-state index in [1.54, 1.807) is 30.0 Å². The predicted molar refractivity (Wildman–Crippen MR) is 138 cm³/mol. The molecular formula is C23H28N4O2S3. The molecule has 1 aromatic heterocycles. The first-order valence-electron chi connectivity index (χ1n) is 10.8. The summed E-state index contributed by atoms with van der Waals surface area (Å²) in [6.45, 7) is 2.98. The van der Waals surface area contributed by atoms with Crippen molar-refractivity contribution >= 4 is 59.1 Å². The molecule has 1 aliphatic heterocycles. The number of anilines is 2. The second kappa shape index (κ2) is 10.2. The number of aromatic nitrogens is 1. The third-order valence-corrected chi connectivity index (χ3v) is 8.40. The fraction of sp³-hybridized carbons (Fsp3) is 0.391. The van der Waals surface area contributed by atoms with Gasteiger partial charge in [-0.1, -0.05) is 55.0 Å². The van der Waals surface area contributed by atoms with Crippen molar-refractivity contribution in [1.82, 2.24) is 4.98 Å². The molecule has 2 aromatic carbocycles. The minimum atomic E-state index is -3.21. The van der Waals surface area contributed by atoms with E-state index < -0.39 is 9.84 Å². The highest BCUT2D eigenvalue weighted by molar-refractivity contribution is 8.14. The third kappa shape index (κ3) is 6.02. The monoisotopic (exact) mass is 488 g/mol. The zero-order chi connectivity index (χ0) is 22.6. The van der Waals surface area contributed by atoms with Crippen molar-refractivity contribution in [2.75, 3.05) is 29.2 Å². The number of amidine groups is 1. The van der Waals surface area contributed by atoms with Gasteiger partial charge in [0.25, 0.3) is 0 Å². The lowest BCUT2D eigenvalue weighted by molar-refractivity contribution is 0.602. The molecule has 1 atom stereocenters. The Kier molecular flexibility index (Phi) is 7.37. The van der Waals surface area contributed by atoms with Crippen molar-refractivity contribution in [3.05, 3.63) is 48.0 Å². The van der Waals surface area contributed by atoms with E-state index in [0.717, 1.165) is 44.9 Å². The van der Waals surface area contributed by atoms with Gasteiger partial charge in [0.2, 0.25) is 0 Å². The highest BCUT2D eigenvalue weighted by Crippen LogP contribution is 2.28. The van der Waals surface area contributed by atoms with E-state index in [0.29, 0.717) is 10.9 Å². The zero-order valence-corrected chi connectivity index (χ0v) is 20.7. The van der Waals surface area contributed by atoms with Crippen LogP contribution < -0.4 is 10.6 Å². The molecule has 9 heteroatoms. The molecule has 1 aliphatic rings. The fourth-order valence-electron chi connectivity index (χ4n) is 3.47. The van der Waals surface area contributed by atoms with Crippen LogP contribution in [0.4, 0.5) is 10.8 Å². The summed E-state index contributed by atoms with van der Waals surface area (Å²) in [5.74, 6) is 1.08. The number of nitrogens with one attached hydrogen (secondary N) is 2. The van der Waals surface area contributed by atoms with Gasteiger partial charge in [0, 0.05) is 24.2 Å². The number of hydrogen-bond donors (Lipinski definition) is 2. The van der Waals surface area contributed by atoms with Gasteiger partial charge < -0.3 is 10.6 Å². The SMILES string of the molecule is CCCCC1CSC(Nc2ccc(CCNc3nc4ccc(S(C)(=O)=O)cc4s3)cc2)=N1. The number of hydrogen-bond acceptors (Lipinski definition) is 8. The largest absolute Gasteiger partial charge is 0.361 e. The van der Waals surface area contributed by atoms with Crippen molar-refractivity contribution in [1.29, 1.82) is 0 Å². The average Bonchev–Trinajstić information content (AvgIpc) is 3.38. The quantitative estimate of drug-likeness (QED) is 0.418. The second-order valence-electron chi connectivity index (χ2n) is 7.96. The van der Waals surface area contributed by atoms with Crippen LogP contribution in [0.25, 0.3) is 10.2 Å². The van der Waals surface area contributed by atoms with Crippen LogP contribution in [0.2, 0.25) is 0 Å². The predicted octanol–water partition coefficient (Wildman–Crippen LogP) is 5.43. The van der Waals surface area contributed by atoms with Gasteiger partial charge >= 0.3 is 0 Å². The molecule has 2 heterocycles. The molecule has 0 saturated carbocycles. The van der Waals surface area contributed by atoms with Crippen molar-refractivity contribution in [3.63, 3.8) is 0 Å². The maximum atomic E-state index is 11.7. The van der Waals surface area contributed by atoms with E-state index in [2.05, 4.69) is 46.8 Å². The minimum absolute atomic E-state index is 0.326. The van der Waals surface area contributed by atoms with Gasteiger partial charge in [-0.05, 0) is 48.7 Å². The second-order valence-corrected chi connectivity index (χ2v) is 12.0. The van der Waals surface area contributed by atoms with E-state index in [4.69, 9.17) is 4.99 Å². The number of fused-ring (bicyclic) bond motifs is 1. The lowest BCUT2D eigenvalue weighted by Crippen LogP contribution is -2.06. The number of thioether (sulfide) groups is 1. The van der Waals surface area contributed by atoms with E-state index in [9.17, 15) is 8.42 Å². The van der Waals surface area contributed by atoms with Crippen LogP contribution >= 0.6 is 23.1 Å². The Morgan fingerprint density at radius 1 is 1.16 bits per heavy atom. The van der Waals surface area contributed by atoms with Crippen molar-refractivity contribution in [3.8, 4) is 0 Å². The number of sulfone groups is 1. The lowest BCUT2D eigenvalue weighted by atomic mass is 10.1. The molecule has 0 spiro atoms. The molecule has 0 fully saturated rings. The molecule has 0 saturated heterocycles. The number of rotatable bonds is 9. The third-order valence-electron chi connectivity index (χ3n) is 5.29. The lowest BCUT2D eigenvalue weighted by Gasteiger charge is -2.07. The molecular weight excluding hydrogens is 460 g/mol. The Morgan fingerprint density at radius 3 is 2.72 bits per heavy atom. The Morgan fingerprint density at radius 2 is 1.97 bits per heavy atom. The summed E-state index contributed by atoms with van der Waals surface area (Å²) >= 11 is 3.28. The van der Waals surface area contributed by atoms with Gasteiger partial charge in [0.05, 0.1) is 21.2 Å². The summed E-state index contributed by atoms with van der Waals surface area (Å²) in [5, 5.41) is 8.62. The molecule has 0 amide bonds. The van der Waals surface area contributed by atoms with E-state index in [1.165, 1.54) is 42.4 Å². The summed E-state index contributed by atoms with van der Waals surface area (Å²) in [4.78, 5) is 9.66. The smallest absolute Gasteiger partial charge is 0.183 e. The van der Waals surface area contributed by atoms with Crippen LogP contribution in [0, 0.1) is 0 Å². The molecule has 32 heavy (non-hydrogen) atoms. The molecule has 1 unspecified atom stereocenters. The number of nitrogens with zero attached hydrogens (tertiary/aromatic N) is 2. The number of thiazole rings is 1. The molecule has 170 valence electrons. The Labute approximate surface area is 197 Å². The summed E-state index contributed by atoms with van der Waals surface area (Å²) in [5.41, 5.74) is 3.12. The van der Waals surface area contributed by atoms with Crippen molar-refractivity contribution < 1.29 is 8.42 Å². The van der Waals surface area contributed by atoms with Crippen LogP contribution in [0.15, 0.2) is 52.4 Å². The van der Waals surface area contributed by atoms with Gasteiger partial charge in [0.1, 0.15) is 0 Å². The highest BCUT2D eigenvalue weighted by atomic mass is 32.2. The summed E-state index contributed by atoms with van der Waals surface area (Å²) in [6.07, 6.45) is 5.73. The molecule has 0 radical (unpaired) electrons. The Balaban J connectivity index is 1.28. The Hall–Kier alpha value is -2.10. The number of unbranched alkanes of at least 4 members (excludes halogenated alkanes) is 1. The first-order chi connectivity index (χ1) is 15.4. The Bertz CT molecular complexity index is 1200. The maximum Gasteiger partial charge on any atom is 0.183 e. The molecule has 0 bridgehead atoms. The van der Waals surface area contributed by atoms with Crippen LogP contribution in [0.3, 0.4) is 0 Å². The highest BCUT2D eigenvalue weighted by Gasteiger charge is 2.17. The zero-order valence-electron chi connectivity index (χ0n) is 18.3.